The molecule has 0 saturated heterocycles. The van der Waals surface area contributed by atoms with E-state index in [4.69, 9.17) is 9.47 Å². The Bertz CT molecular complexity index is 680. The number of ether oxygens (including phenoxy) is 2. The standard InChI is InChI=1S/C18H23BrN2O3S/c1-18(2,3)24-17(22)21-12-15-11-20-16(25-15)13-5-7-14(8-6-13)23-10-4-9-19/h5-8,11H,4,9-10,12H2,1-3H3,(H,21,22). The van der Waals surface area contributed by atoms with Gasteiger partial charge in [0.2, 0.25) is 0 Å². The first-order valence-electron chi connectivity index (χ1n) is 8.08. The van der Waals surface area contributed by atoms with Crippen molar-refractivity contribution in [1.82, 2.24) is 10.3 Å². The van der Waals surface area contributed by atoms with Crippen molar-refractivity contribution in [2.45, 2.75) is 39.3 Å². The lowest BCUT2D eigenvalue weighted by Gasteiger charge is -2.19. The fourth-order valence-electron chi connectivity index (χ4n) is 1.93. The average molecular weight is 427 g/mol. The van der Waals surface area contributed by atoms with Crippen LogP contribution >= 0.6 is 27.3 Å². The fourth-order valence-corrected chi connectivity index (χ4v) is 3.02. The quantitative estimate of drug-likeness (QED) is 0.499. The SMILES string of the molecule is CC(C)(C)OC(=O)NCc1cnc(-c2ccc(OCCCBr)cc2)s1. The Labute approximate surface area is 160 Å². The van der Waals surface area contributed by atoms with Crippen LogP contribution in [0.4, 0.5) is 4.79 Å². The Morgan fingerprint density at radius 2 is 2.00 bits per heavy atom. The summed E-state index contributed by atoms with van der Waals surface area (Å²) in [5.74, 6) is 0.855. The Hall–Kier alpha value is -1.60. The van der Waals surface area contributed by atoms with Gasteiger partial charge in [-0.2, -0.15) is 0 Å². The molecule has 1 amide bonds. The van der Waals surface area contributed by atoms with Gasteiger partial charge in [-0.3, -0.25) is 0 Å². The van der Waals surface area contributed by atoms with E-state index in [9.17, 15) is 4.79 Å². The molecule has 136 valence electrons. The number of alkyl carbamates (subject to hydrolysis) is 1. The third-order valence-corrected chi connectivity index (χ3v) is 4.61. The Kier molecular flexibility index (Phi) is 7.25. The molecule has 25 heavy (non-hydrogen) atoms. The summed E-state index contributed by atoms with van der Waals surface area (Å²) in [5, 5.41) is 4.59. The van der Waals surface area contributed by atoms with Gasteiger partial charge in [0.1, 0.15) is 16.4 Å². The molecule has 0 unspecified atom stereocenters. The molecule has 0 fully saturated rings. The van der Waals surface area contributed by atoms with E-state index in [1.165, 1.54) is 0 Å². The molecule has 2 rings (SSSR count). The molecule has 0 aliphatic rings. The molecule has 1 aromatic heterocycles. The van der Waals surface area contributed by atoms with Crippen LogP contribution in [-0.2, 0) is 11.3 Å². The summed E-state index contributed by atoms with van der Waals surface area (Å²) in [7, 11) is 0. The van der Waals surface area contributed by atoms with Crippen LogP contribution in [0, 0.1) is 0 Å². The van der Waals surface area contributed by atoms with Gasteiger partial charge in [-0.05, 0) is 51.5 Å². The molecule has 5 nitrogen and oxygen atoms in total. The number of carbonyl (C=O) groups excluding carboxylic acids is 1. The average Bonchev–Trinajstić information content (AvgIpc) is 3.01. The Morgan fingerprint density at radius 3 is 2.64 bits per heavy atom. The number of hydrogen-bond donors (Lipinski definition) is 1. The summed E-state index contributed by atoms with van der Waals surface area (Å²) < 4.78 is 10.9. The van der Waals surface area contributed by atoms with Gasteiger partial charge in [-0.25, -0.2) is 9.78 Å². The summed E-state index contributed by atoms with van der Waals surface area (Å²) in [6.07, 6.45) is 2.33. The normalized spacial score (nSPS) is 11.2. The molecule has 1 aromatic carbocycles. The molecule has 0 aliphatic carbocycles. The molecule has 0 saturated carbocycles. The van der Waals surface area contributed by atoms with E-state index in [1.807, 2.05) is 45.0 Å². The monoisotopic (exact) mass is 426 g/mol. The van der Waals surface area contributed by atoms with E-state index in [-0.39, 0.29) is 0 Å². The maximum Gasteiger partial charge on any atom is 0.407 e. The second kappa shape index (κ2) is 9.20. The first-order valence-corrected chi connectivity index (χ1v) is 10.0. The number of aromatic nitrogens is 1. The fraction of sp³-hybridized carbons (Fsp3) is 0.444. The molecule has 1 heterocycles. The van der Waals surface area contributed by atoms with Crippen molar-refractivity contribution in [2.75, 3.05) is 11.9 Å². The number of hydrogen-bond acceptors (Lipinski definition) is 5. The highest BCUT2D eigenvalue weighted by Crippen LogP contribution is 2.27. The van der Waals surface area contributed by atoms with Crippen LogP contribution in [0.1, 0.15) is 32.1 Å². The number of benzene rings is 1. The number of amides is 1. The van der Waals surface area contributed by atoms with Crippen LogP contribution in [0.25, 0.3) is 10.6 Å². The minimum Gasteiger partial charge on any atom is -0.494 e. The van der Waals surface area contributed by atoms with Crippen LogP contribution in [-0.4, -0.2) is 28.6 Å². The molecule has 0 bridgehead atoms. The van der Waals surface area contributed by atoms with Crippen molar-refractivity contribution in [3.8, 4) is 16.3 Å². The summed E-state index contributed by atoms with van der Waals surface area (Å²) >= 11 is 4.93. The molecule has 0 spiro atoms. The number of rotatable bonds is 7. The second-order valence-electron chi connectivity index (χ2n) is 6.40. The van der Waals surface area contributed by atoms with Crippen molar-refractivity contribution < 1.29 is 14.3 Å². The van der Waals surface area contributed by atoms with Crippen molar-refractivity contribution >= 4 is 33.4 Å². The van der Waals surface area contributed by atoms with Gasteiger partial charge < -0.3 is 14.8 Å². The number of nitrogens with zero attached hydrogens (tertiary/aromatic N) is 1. The zero-order valence-electron chi connectivity index (χ0n) is 14.7. The predicted molar refractivity (Wildman–Crippen MR) is 105 cm³/mol. The van der Waals surface area contributed by atoms with E-state index in [0.717, 1.165) is 32.9 Å². The molecule has 1 N–H and O–H groups in total. The summed E-state index contributed by atoms with van der Waals surface area (Å²) in [6, 6.07) is 7.88. The predicted octanol–water partition coefficient (Wildman–Crippen LogP) is 5.00. The zero-order chi connectivity index (χ0) is 18.3. The molecule has 2 aromatic rings. The number of nitrogens with one attached hydrogen (secondary N) is 1. The smallest absolute Gasteiger partial charge is 0.407 e. The Morgan fingerprint density at radius 1 is 1.28 bits per heavy atom. The van der Waals surface area contributed by atoms with E-state index in [1.54, 1.807) is 17.5 Å². The second-order valence-corrected chi connectivity index (χ2v) is 8.31. The Balaban J connectivity index is 1.89. The molecule has 0 atom stereocenters. The van der Waals surface area contributed by atoms with E-state index in [0.29, 0.717) is 13.2 Å². The highest BCUT2D eigenvalue weighted by Gasteiger charge is 2.16. The van der Waals surface area contributed by atoms with Gasteiger partial charge in [0.15, 0.2) is 0 Å². The van der Waals surface area contributed by atoms with Gasteiger partial charge in [0, 0.05) is 22.0 Å². The van der Waals surface area contributed by atoms with Crippen molar-refractivity contribution in [1.29, 1.82) is 0 Å². The van der Waals surface area contributed by atoms with Crippen molar-refractivity contribution in [3.63, 3.8) is 0 Å². The first-order chi connectivity index (χ1) is 11.9. The number of alkyl halides is 1. The van der Waals surface area contributed by atoms with E-state index >= 15 is 0 Å². The van der Waals surface area contributed by atoms with Gasteiger partial charge in [-0.1, -0.05) is 15.9 Å². The number of thiazole rings is 1. The lowest BCUT2D eigenvalue weighted by atomic mass is 10.2. The lowest BCUT2D eigenvalue weighted by Crippen LogP contribution is -2.31. The summed E-state index contributed by atoms with van der Waals surface area (Å²) in [6.45, 7) is 6.61. The van der Waals surface area contributed by atoms with Gasteiger partial charge >= 0.3 is 6.09 Å². The zero-order valence-corrected chi connectivity index (χ0v) is 17.1. The van der Waals surface area contributed by atoms with E-state index < -0.39 is 11.7 Å². The number of halogens is 1. The minimum absolute atomic E-state index is 0.403. The molecule has 0 radical (unpaired) electrons. The van der Waals surface area contributed by atoms with Crippen molar-refractivity contribution in [2.24, 2.45) is 0 Å². The first kappa shape index (κ1) is 19.7. The maximum atomic E-state index is 11.7. The molecular formula is C18H23BrN2O3S. The van der Waals surface area contributed by atoms with Crippen LogP contribution in [0.15, 0.2) is 30.5 Å². The molecular weight excluding hydrogens is 404 g/mol. The lowest BCUT2D eigenvalue weighted by molar-refractivity contribution is 0.0524. The van der Waals surface area contributed by atoms with Gasteiger partial charge in [0.05, 0.1) is 13.2 Å². The largest absolute Gasteiger partial charge is 0.494 e. The highest BCUT2D eigenvalue weighted by atomic mass is 79.9. The van der Waals surface area contributed by atoms with Crippen LogP contribution in [0.5, 0.6) is 5.75 Å². The summed E-state index contributed by atoms with van der Waals surface area (Å²) in [4.78, 5) is 17.1. The molecule has 7 heteroatoms. The highest BCUT2D eigenvalue weighted by molar-refractivity contribution is 9.09. The minimum atomic E-state index is -0.499. The van der Waals surface area contributed by atoms with Crippen LogP contribution in [0.2, 0.25) is 0 Å². The summed E-state index contributed by atoms with van der Waals surface area (Å²) in [5.41, 5.74) is 0.530. The maximum absolute atomic E-state index is 11.7. The van der Waals surface area contributed by atoms with Crippen LogP contribution < -0.4 is 10.1 Å². The molecule has 0 aliphatic heterocycles. The topological polar surface area (TPSA) is 60.5 Å². The van der Waals surface area contributed by atoms with Gasteiger partial charge in [-0.15, -0.1) is 11.3 Å². The van der Waals surface area contributed by atoms with Crippen LogP contribution in [0.3, 0.4) is 0 Å². The number of carbonyl (C=O) groups is 1. The third-order valence-electron chi connectivity index (χ3n) is 3.01. The van der Waals surface area contributed by atoms with Crippen molar-refractivity contribution in [3.05, 3.63) is 35.3 Å². The van der Waals surface area contributed by atoms with Gasteiger partial charge in [0.25, 0.3) is 0 Å². The third kappa shape index (κ3) is 7.04. The van der Waals surface area contributed by atoms with E-state index in [2.05, 4.69) is 26.2 Å².